The molecule has 24 heavy (non-hydrogen) atoms. The van der Waals surface area contributed by atoms with Gasteiger partial charge in [-0.05, 0) is 33.1 Å². The zero-order valence-corrected chi connectivity index (χ0v) is 15.3. The number of fused-ring (bicyclic) bond motifs is 1. The summed E-state index contributed by atoms with van der Waals surface area (Å²) in [6.07, 6.45) is 4.58. The molecule has 1 aliphatic rings. The summed E-state index contributed by atoms with van der Waals surface area (Å²) in [5.41, 5.74) is 2.85. The Morgan fingerprint density at radius 2 is 2.25 bits per heavy atom. The van der Waals surface area contributed by atoms with Gasteiger partial charge in [0.2, 0.25) is 0 Å². The van der Waals surface area contributed by atoms with Crippen molar-refractivity contribution in [3.05, 3.63) is 33.6 Å². The number of aryl methyl sites for hydroxylation is 1. The van der Waals surface area contributed by atoms with Crippen LogP contribution < -0.4 is 10.6 Å². The summed E-state index contributed by atoms with van der Waals surface area (Å²) in [6.45, 7) is 4.23. The molecule has 0 amide bonds. The highest BCUT2D eigenvalue weighted by molar-refractivity contribution is 7.98. The Labute approximate surface area is 145 Å². The van der Waals surface area contributed by atoms with Gasteiger partial charge in [-0.3, -0.25) is 9.63 Å². The molecule has 0 radical (unpaired) electrons. The molecule has 2 heterocycles. The lowest BCUT2D eigenvalue weighted by Gasteiger charge is -2.17. The topological polar surface area (TPSA) is 76.0 Å². The summed E-state index contributed by atoms with van der Waals surface area (Å²) >= 11 is 1.52. The smallest absolute Gasteiger partial charge is 0.254 e. The fraction of sp³-hybridized carbons (Fsp3) is 0.562. The van der Waals surface area contributed by atoms with Crippen LogP contribution in [-0.4, -0.2) is 33.7 Å². The van der Waals surface area contributed by atoms with Crippen molar-refractivity contribution >= 4 is 17.6 Å². The van der Waals surface area contributed by atoms with E-state index in [2.05, 4.69) is 33.4 Å². The fourth-order valence-corrected chi connectivity index (χ4v) is 3.83. The number of nitrogens with zero attached hydrogens (tertiary/aromatic N) is 4. The van der Waals surface area contributed by atoms with Crippen LogP contribution in [0.3, 0.4) is 0 Å². The van der Waals surface area contributed by atoms with E-state index >= 15 is 0 Å². The Balaban J connectivity index is 1.85. The minimum Gasteiger partial charge on any atom is -0.329 e. The van der Waals surface area contributed by atoms with Gasteiger partial charge >= 0.3 is 0 Å². The number of hydrogen-bond donors (Lipinski definition) is 1. The molecule has 1 N–H and O–H groups in total. The van der Waals surface area contributed by atoms with Crippen molar-refractivity contribution in [2.24, 2.45) is 0 Å². The Hall–Kier alpha value is -1.80. The molecular formula is C16H23N5O2S. The van der Waals surface area contributed by atoms with Gasteiger partial charge in [-0.1, -0.05) is 11.8 Å². The number of nitrogens with one attached hydrogen (secondary N) is 1. The van der Waals surface area contributed by atoms with Gasteiger partial charge in [0.25, 0.3) is 5.56 Å². The van der Waals surface area contributed by atoms with Crippen LogP contribution in [0.5, 0.6) is 0 Å². The molecule has 0 atom stereocenters. The number of aromatic nitrogens is 4. The predicted octanol–water partition coefficient (Wildman–Crippen LogP) is 2.33. The number of hydrogen-bond acceptors (Lipinski definition) is 6. The second-order valence-electron chi connectivity index (χ2n) is 6.13. The van der Waals surface area contributed by atoms with E-state index in [9.17, 15) is 4.79 Å². The van der Waals surface area contributed by atoms with Crippen molar-refractivity contribution in [3.8, 4) is 0 Å². The van der Waals surface area contributed by atoms with Crippen molar-refractivity contribution < 1.29 is 4.84 Å². The van der Waals surface area contributed by atoms with Crippen LogP contribution in [0, 0.1) is 0 Å². The second-order valence-corrected chi connectivity index (χ2v) is 7.10. The third-order valence-corrected chi connectivity index (χ3v) is 5.15. The first-order chi connectivity index (χ1) is 11.5. The van der Waals surface area contributed by atoms with Gasteiger partial charge in [-0.25, -0.2) is 15.0 Å². The molecule has 130 valence electrons. The van der Waals surface area contributed by atoms with Crippen LogP contribution in [-0.2, 0) is 23.4 Å². The van der Waals surface area contributed by atoms with Gasteiger partial charge in [-0.15, -0.1) is 0 Å². The van der Waals surface area contributed by atoms with Gasteiger partial charge < -0.3 is 9.55 Å². The first kappa shape index (κ1) is 17.0. The van der Waals surface area contributed by atoms with E-state index in [1.54, 1.807) is 12.2 Å². The standard InChI is InChI=1S/C16H23N5O2S/c1-10(2)21-9-17-14(20(3)23-4)13(21)8-24-16-18-12-7-5-6-11(12)15(22)19-16/h9-10H,5-8H2,1-4H3,(H,18,19,22). The number of H-pyrrole nitrogens is 1. The maximum Gasteiger partial charge on any atom is 0.254 e. The number of hydroxylamine groups is 1. The van der Waals surface area contributed by atoms with E-state index < -0.39 is 0 Å². The summed E-state index contributed by atoms with van der Waals surface area (Å²) in [4.78, 5) is 29.4. The summed E-state index contributed by atoms with van der Waals surface area (Å²) in [5, 5.41) is 2.32. The highest BCUT2D eigenvalue weighted by Gasteiger charge is 2.20. The van der Waals surface area contributed by atoms with E-state index in [0.29, 0.717) is 17.0 Å². The summed E-state index contributed by atoms with van der Waals surface area (Å²) in [6, 6.07) is 0.291. The van der Waals surface area contributed by atoms with Crippen LogP contribution >= 0.6 is 11.8 Å². The molecule has 1 aliphatic carbocycles. The predicted molar refractivity (Wildman–Crippen MR) is 94.5 cm³/mol. The van der Waals surface area contributed by atoms with Crippen molar-refractivity contribution in [1.29, 1.82) is 0 Å². The first-order valence-corrected chi connectivity index (χ1v) is 9.08. The largest absolute Gasteiger partial charge is 0.329 e. The number of thioether (sulfide) groups is 1. The van der Waals surface area contributed by atoms with Crippen LogP contribution in [0.15, 0.2) is 16.3 Å². The van der Waals surface area contributed by atoms with Gasteiger partial charge in [0, 0.05) is 24.4 Å². The molecule has 0 bridgehead atoms. The number of rotatable bonds is 6. The van der Waals surface area contributed by atoms with Crippen LogP contribution in [0.4, 0.5) is 5.82 Å². The molecular weight excluding hydrogens is 326 g/mol. The van der Waals surface area contributed by atoms with E-state index in [4.69, 9.17) is 4.84 Å². The molecule has 0 saturated heterocycles. The number of anilines is 1. The van der Waals surface area contributed by atoms with E-state index in [0.717, 1.165) is 42.0 Å². The average molecular weight is 349 g/mol. The Morgan fingerprint density at radius 3 is 2.96 bits per heavy atom. The van der Waals surface area contributed by atoms with Gasteiger partial charge in [0.15, 0.2) is 11.0 Å². The lowest BCUT2D eigenvalue weighted by Crippen LogP contribution is -2.18. The zero-order valence-electron chi connectivity index (χ0n) is 14.5. The SMILES string of the molecule is CON(C)c1ncn(C(C)C)c1CSc1nc2c(c(=O)[nH]1)CCC2. The van der Waals surface area contributed by atoms with E-state index in [1.807, 2.05) is 13.4 Å². The van der Waals surface area contributed by atoms with Crippen molar-refractivity contribution in [2.45, 2.75) is 50.1 Å². The molecule has 0 unspecified atom stereocenters. The molecule has 0 spiro atoms. The van der Waals surface area contributed by atoms with Crippen LogP contribution in [0.2, 0.25) is 0 Å². The monoisotopic (exact) mass is 349 g/mol. The lowest BCUT2D eigenvalue weighted by molar-refractivity contribution is 0.182. The normalized spacial score (nSPS) is 13.5. The van der Waals surface area contributed by atoms with Gasteiger partial charge in [0.1, 0.15) is 0 Å². The lowest BCUT2D eigenvalue weighted by atomic mass is 10.3. The number of imidazole rings is 1. The van der Waals surface area contributed by atoms with Crippen molar-refractivity contribution in [3.63, 3.8) is 0 Å². The maximum absolute atomic E-state index is 12.1. The molecule has 7 nitrogen and oxygen atoms in total. The van der Waals surface area contributed by atoms with E-state index in [-0.39, 0.29) is 5.56 Å². The number of aromatic amines is 1. The molecule has 2 aromatic heterocycles. The Bertz CT molecular complexity index is 783. The maximum atomic E-state index is 12.1. The highest BCUT2D eigenvalue weighted by Crippen LogP contribution is 2.28. The third kappa shape index (κ3) is 3.21. The fourth-order valence-electron chi connectivity index (χ4n) is 2.93. The molecule has 8 heteroatoms. The molecule has 0 fully saturated rings. The minimum atomic E-state index is 0.00611. The summed E-state index contributed by atoms with van der Waals surface area (Å²) in [7, 11) is 3.45. The summed E-state index contributed by atoms with van der Waals surface area (Å²) in [5.74, 6) is 1.44. The quantitative estimate of drug-likeness (QED) is 0.490. The Morgan fingerprint density at radius 1 is 1.46 bits per heavy atom. The average Bonchev–Trinajstić information content (AvgIpc) is 3.18. The minimum absolute atomic E-state index is 0.00611. The Kier molecular flexibility index (Phi) is 4.96. The molecule has 3 rings (SSSR count). The molecule has 0 aliphatic heterocycles. The van der Waals surface area contributed by atoms with Crippen molar-refractivity contribution in [2.75, 3.05) is 19.2 Å². The first-order valence-electron chi connectivity index (χ1n) is 8.09. The highest BCUT2D eigenvalue weighted by atomic mass is 32.2. The van der Waals surface area contributed by atoms with Gasteiger partial charge in [-0.2, -0.15) is 0 Å². The van der Waals surface area contributed by atoms with Crippen LogP contribution in [0.1, 0.15) is 43.3 Å². The zero-order chi connectivity index (χ0) is 17.3. The third-order valence-electron chi connectivity index (χ3n) is 4.27. The van der Waals surface area contributed by atoms with Crippen molar-refractivity contribution in [1.82, 2.24) is 19.5 Å². The second kappa shape index (κ2) is 6.98. The molecule has 0 saturated carbocycles. The van der Waals surface area contributed by atoms with E-state index in [1.165, 1.54) is 11.8 Å². The van der Waals surface area contributed by atoms with Crippen LogP contribution in [0.25, 0.3) is 0 Å². The summed E-state index contributed by atoms with van der Waals surface area (Å²) < 4.78 is 2.11. The molecule has 2 aromatic rings. The molecule has 0 aromatic carbocycles. The van der Waals surface area contributed by atoms with Gasteiger partial charge in [0.05, 0.1) is 24.8 Å².